The van der Waals surface area contributed by atoms with Crippen molar-refractivity contribution in [2.75, 3.05) is 6.61 Å². The Balaban J connectivity index is 1.77. The molecule has 27 heavy (non-hydrogen) atoms. The third-order valence-corrected chi connectivity index (χ3v) is 5.31. The Bertz CT molecular complexity index is 744. The second-order valence-electron chi connectivity index (χ2n) is 7.13. The monoisotopic (exact) mass is 390 g/mol. The third-order valence-electron chi connectivity index (χ3n) is 4.94. The lowest BCUT2D eigenvalue weighted by Crippen LogP contribution is -2.37. The van der Waals surface area contributed by atoms with Gasteiger partial charge in [0.05, 0.1) is 31.0 Å². The first-order valence-corrected chi connectivity index (χ1v) is 9.85. The van der Waals surface area contributed by atoms with Gasteiger partial charge in [-0.3, -0.25) is 0 Å². The summed E-state index contributed by atoms with van der Waals surface area (Å²) < 4.78 is 11.5. The molecule has 1 heterocycles. The van der Waals surface area contributed by atoms with Crippen LogP contribution in [0.5, 0.6) is 5.75 Å². The Morgan fingerprint density at radius 2 is 1.93 bits per heavy atom. The van der Waals surface area contributed by atoms with Crippen molar-refractivity contribution in [3.63, 3.8) is 0 Å². The maximum atomic E-state index is 10.2. The minimum absolute atomic E-state index is 0.246. The first-order valence-electron chi connectivity index (χ1n) is 9.48. The standard InChI is InChI=1S/C22H27ClO4/c1-3-26-19-7-4-15(5-8-19)10-17-11-16(6-9-20(17)23)22-13-18(25)12-21(27-22)14(2)24/h4-9,11,14,18,21-22,24-25H,3,10,12-13H2,1-2H3. The lowest BCUT2D eigenvalue weighted by molar-refractivity contribution is -0.135. The molecule has 4 atom stereocenters. The molecular weight excluding hydrogens is 364 g/mol. The number of hydrogen-bond acceptors (Lipinski definition) is 4. The van der Waals surface area contributed by atoms with Crippen LogP contribution in [0, 0.1) is 0 Å². The molecule has 3 rings (SSSR count). The second-order valence-corrected chi connectivity index (χ2v) is 7.54. The molecule has 2 N–H and O–H groups in total. The van der Waals surface area contributed by atoms with E-state index in [2.05, 4.69) is 0 Å². The van der Waals surface area contributed by atoms with Crippen LogP contribution in [0.2, 0.25) is 5.02 Å². The summed E-state index contributed by atoms with van der Waals surface area (Å²) in [7, 11) is 0. The van der Waals surface area contributed by atoms with Crippen LogP contribution < -0.4 is 4.74 Å². The van der Waals surface area contributed by atoms with Crippen molar-refractivity contribution in [2.45, 2.75) is 57.5 Å². The van der Waals surface area contributed by atoms with Crippen LogP contribution in [0.15, 0.2) is 42.5 Å². The molecule has 1 aliphatic rings. The van der Waals surface area contributed by atoms with E-state index in [1.807, 2.05) is 49.4 Å². The Labute approximate surface area is 165 Å². The zero-order valence-corrected chi connectivity index (χ0v) is 16.5. The van der Waals surface area contributed by atoms with Crippen molar-refractivity contribution in [3.8, 4) is 5.75 Å². The fraction of sp³-hybridized carbons (Fsp3) is 0.455. The van der Waals surface area contributed by atoms with Gasteiger partial charge in [0, 0.05) is 17.9 Å². The Kier molecular flexibility index (Phi) is 6.77. The highest BCUT2D eigenvalue weighted by Crippen LogP contribution is 2.34. The van der Waals surface area contributed by atoms with Crippen LogP contribution in [0.1, 0.15) is 49.5 Å². The topological polar surface area (TPSA) is 58.9 Å². The molecule has 2 aromatic rings. The number of rotatable bonds is 6. The van der Waals surface area contributed by atoms with Gasteiger partial charge in [0.15, 0.2) is 0 Å². The van der Waals surface area contributed by atoms with Crippen molar-refractivity contribution in [1.82, 2.24) is 0 Å². The molecule has 0 bridgehead atoms. The summed E-state index contributed by atoms with van der Waals surface area (Å²) in [4.78, 5) is 0. The molecule has 0 aliphatic carbocycles. The van der Waals surface area contributed by atoms with E-state index in [-0.39, 0.29) is 12.2 Å². The molecule has 2 aromatic carbocycles. The van der Waals surface area contributed by atoms with Crippen LogP contribution in [0.4, 0.5) is 0 Å². The molecule has 146 valence electrons. The number of aliphatic hydroxyl groups excluding tert-OH is 2. The molecule has 1 fully saturated rings. The fourth-order valence-electron chi connectivity index (χ4n) is 3.48. The Morgan fingerprint density at radius 3 is 2.59 bits per heavy atom. The average molecular weight is 391 g/mol. The molecule has 1 aliphatic heterocycles. The minimum Gasteiger partial charge on any atom is -0.494 e. The van der Waals surface area contributed by atoms with Gasteiger partial charge < -0.3 is 19.7 Å². The molecule has 0 amide bonds. The molecule has 4 unspecified atom stereocenters. The second kappa shape index (κ2) is 9.07. The number of ether oxygens (including phenoxy) is 2. The maximum Gasteiger partial charge on any atom is 0.119 e. The quantitative estimate of drug-likeness (QED) is 0.772. The normalized spacial score (nSPS) is 23.8. The van der Waals surface area contributed by atoms with Gasteiger partial charge >= 0.3 is 0 Å². The van der Waals surface area contributed by atoms with Gasteiger partial charge in [-0.25, -0.2) is 0 Å². The van der Waals surface area contributed by atoms with Crippen LogP contribution in [-0.4, -0.2) is 35.1 Å². The van der Waals surface area contributed by atoms with Gasteiger partial charge in [-0.1, -0.05) is 35.9 Å². The highest BCUT2D eigenvalue weighted by atomic mass is 35.5. The SMILES string of the molecule is CCOc1ccc(Cc2cc(C3CC(O)CC(C(C)O)O3)ccc2Cl)cc1. The van der Waals surface area contributed by atoms with Crippen LogP contribution >= 0.6 is 11.6 Å². The number of benzene rings is 2. The lowest BCUT2D eigenvalue weighted by atomic mass is 9.92. The Morgan fingerprint density at radius 1 is 1.19 bits per heavy atom. The summed E-state index contributed by atoms with van der Waals surface area (Å²) in [5, 5.41) is 20.7. The third kappa shape index (κ3) is 5.23. The first-order chi connectivity index (χ1) is 13.0. The van der Waals surface area contributed by atoms with Crippen LogP contribution in [-0.2, 0) is 11.2 Å². The van der Waals surface area contributed by atoms with Crippen molar-refractivity contribution in [2.24, 2.45) is 0 Å². The number of aliphatic hydroxyl groups is 2. The van der Waals surface area contributed by atoms with E-state index >= 15 is 0 Å². The van der Waals surface area contributed by atoms with E-state index < -0.39 is 12.2 Å². The van der Waals surface area contributed by atoms with Gasteiger partial charge in [-0.15, -0.1) is 0 Å². The van der Waals surface area contributed by atoms with E-state index in [0.29, 0.717) is 30.9 Å². The predicted octanol–water partition coefficient (Wildman–Crippen LogP) is 4.29. The van der Waals surface area contributed by atoms with Gasteiger partial charge in [-0.2, -0.15) is 0 Å². The molecule has 0 aromatic heterocycles. The summed E-state index contributed by atoms with van der Waals surface area (Å²) >= 11 is 6.42. The van der Waals surface area contributed by atoms with E-state index in [4.69, 9.17) is 21.1 Å². The summed E-state index contributed by atoms with van der Waals surface area (Å²) in [6.07, 6.45) is -0.0113. The molecule has 4 nitrogen and oxygen atoms in total. The maximum absolute atomic E-state index is 10.2. The molecule has 0 spiro atoms. The number of hydrogen-bond donors (Lipinski definition) is 2. The van der Waals surface area contributed by atoms with Gasteiger partial charge in [0.2, 0.25) is 0 Å². The van der Waals surface area contributed by atoms with Gasteiger partial charge in [0.25, 0.3) is 0 Å². The smallest absolute Gasteiger partial charge is 0.119 e. The van der Waals surface area contributed by atoms with Crippen molar-refractivity contribution in [1.29, 1.82) is 0 Å². The summed E-state index contributed by atoms with van der Waals surface area (Å²) in [5.74, 6) is 0.856. The van der Waals surface area contributed by atoms with E-state index in [0.717, 1.165) is 22.4 Å². The average Bonchev–Trinajstić information content (AvgIpc) is 2.65. The van der Waals surface area contributed by atoms with E-state index in [1.165, 1.54) is 0 Å². The molecule has 0 radical (unpaired) electrons. The summed E-state index contributed by atoms with van der Waals surface area (Å²) in [6.45, 7) is 4.30. The summed E-state index contributed by atoms with van der Waals surface area (Å²) in [6, 6.07) is 13.9. The van der Waals surface area contributed by atoms with Gasteiger partial charge in [-0.05, 0) is 55.2 Å². The fourth-order valence-corrected chi connectivity index (χ4v) is 3.66. The van der Waals surface area contributed by atoms with Crippen molar-refractivity contribution >= 4 is 11.6 Å². The van der Waals surface area contributed by atoms with E-state index in [1.54, 1.807) is 6.92 Å². The first kappa shape index (κ1) is 20.2. The lowest BCUT2D eigenvalue weighted by Gasteiger charge is -2.35. The molecule has 1 saturated heterocycles. The summed E-state index contributed by atoms with van der Waals surface area (Å²) in [5.41, 5.74) is 3.13. The Hall–Kier alpha value is -1.59. The zero-order valence-electron chi connectivity index (χ0n) is 15.8. The van der Waals surface area contributed by atoms with Gasteiger partial charge in [0.1, 0.15) is 5.75 Å². The number of halogens is 1. The molecular formula is C22H27ClO4. The van der Waals surface area contributed by atoms with E-state index in [9.17, 15) is 10.2 Å². The minimum atomic E-state index is -0.613. The zero-order chi connectivity index (χ0) is 19.4. The van der Waals surface area contributed by atoms with Crippen molar-refractivity contribution < 1.29 is 19.7 Å². The largest absolute Gasteiger partial charge is 0.494 e. The molecule has 0 saturated carbocycles. The highest BCUT2D eigenvalue weighted by molar-refractivity contribution is 6.31. The predicted molar refractivity (Wildman–Crippen MR) is 106 cm³/mol. The van der Waals surface area contributed by atoms with Crippen LogP contribution in [0.25, 0.3) is 0 Å². The molecule has 5 heteroatoms. The van der Waals surface area contributed by atoms with Crippen LogP contribution in [0.3, 0.4) is 0 Å². The highest BCUT2D eigenvalue weighted by Gasteiger charge is 2.32. The van der Waals surface area contributed by atoms with Crippen molar-refractivity contribution in [3.05, 3.63) is 64.2 Å².